The van der Waals surface area contributed by atoms with Gasteiger partial charge in [-0.2, -0.15) is 5.10 Å². The van der Waals surface area contributed by atoms with E-state index in [4.69, 9.17) is 39.9 Å². The van der Waals surface area contributed by atoms with Gasteiger partial charge in [-0.25, -0.2) is 4.68 Å². The fourth-order valence-electron chi connectivity index (χ4n) is 4.94. The highest BCUT2D eigenvalue weighted by atomic mass is 35.5. The summed E-state index contributed by atoms with van der Waals surface area (Å²) in [6.45, 7) is 6.03. The summed E-state index contributed by atoms with van der Waals surface area (Å²) in [6, 6.07) is 13.0. The van der Waals surface area contributed by atoms with E-state index in [9.17, 15) is 4.79 Å². The van der Waals surface area contributed by atoms with E-state index in [0.717, 1.165) is 35.2 Å². The molecule has 35 heavy (non-hydrogen) atoms. The highest BCUT2D eigenvalue weighted by Crippen LogP contribution is 2.32. The highest BCUT2D eigenvalue weighted by molar-refractivity contribution is 6.35. The molecule has 7 heteroatoms. The standard InChI is InChI=1S/C28H30Cl3N3O/c1-17(14-20-8-7-11-22(29)15-20)27-18(2)26(28(35)32-19(3)21-9-5-4-6-10-21)33-34(27)25-13-12-23(30)16-24(25)31/h7-8,11-16,19,21H,4-6,9-10H2,1-3H3,(H,32,35)/b17-14+/t19-/m0/s1. The molecule has 0 radical (unpaired) electrons. The van der Waals surface area contributed by atoms with Crippen molar-refractivity contribution in [2.45, 2.75) is 58.9 Å². The number of nitrogens with zero attached hydrogens (tertiary/aromatic N) is 2. The topological polar surface area (TPSA) is 46.9 Å². The third-order valence-electron chi connectivity index (χ3n) is 6.80. The first-order valence-corrected chi connectivity index (χ1v) is 13.2. The minimum atomic E-state index is -0.166. The Balaban J connectivity index is 1.76. The van der Waals surface area contributed by atoms with Gasteiger partial charge in [0.05, 0.1) is 16.4 Å². The van der Waals surface area contributed by atoms with Crippen LogP contribution in [0.4, 0.5) is 0 Å². The van der Waals surface area contributed by atoms with Gasteiger partial charge in [-0.15, -0.1) is 0 Å². The van der Waals surface area contributed by atoms with Gasteiger partial charge in [-0.05, 0) is 87.1 Å². The predicted molar refractivity (Wildman–Crippen MR) is 147 cm³/mol. The van der Waals surface area contributed by atoms with Crippen LogP contribution >= 0.6 is 34.8 Å². The van der Waals surface area contributed by atoms with Gasteiger partial charge in [-0.1, -0.05) is 66.2 Å². The van der Waals surface area contributed by atoms with Crippen LogP contribution in [0.5, 0.6) is 0 Å². The smallest absolute Gasteiger partial charge is 0.272 e. The summed E-state index contributed by atoms with van der Waals surface area (Å²) >= 11 is 18.9. The monoisotopic (exact) mass is 529 g/mol. The number of hydrogen-bond acceptors (Lipinski definition) is 2. The minimum absolute atomic E-state index is 0.0954. The molecule has 0 saturated heterocycles. The molecule has 1 aliphatic carbocycles. The average molecular weight is 531 g/mol. The fraction of sp³-hybridized carbons (Fsp3) is 0.357. The third-order valence-corrected chi connectivity index (χ3v) is 7.57. The Morgan fingerprint density at radius 2 is 1.80 bits per heavy atom. The number of allylic oxidation sites excluding steroid dienone is 1. The van der Waals surface area contributed by atoms with E-state index in [-0.39, 0.29) is 11.9 Å². The van der Waals surface area contributed by atoms with Crippen molar-refractivity contribution in [2.75, 3.05) is 0 Å². The number of hydrogen-bond donors (Lipinski definition) is 1. The number of rotatable bonds is 6. The van der Waals surface area contributed by atoms with Gasteiger partial charge >= 0.3 is 0 Å². The fourth-order valence-corrected chi connectivity index (χ4v) is 5.63. The molecule has 0 aliphatic heterocycles. The molecule has 184 valence electrons. The van der Waals surface area contributed by atoms with Gasteiger partial charge in [0, 0.05) is 21.7 Å². The van der Waals surface area contributed by atoms with Crippen molar-refractivity contribution in [2.24, 2.45) is 5.92 Å². The molecule has 2 aromatic carbocycles. The van der Waals surface area contributed by atoms with E-state index < -0.39 is 0 Å². The van der Waals surface area contributed by atoms with E-state index in [2.05, 4.69) is 12.2 Å². The lowest BCUT2D eigenvalue weighted by molar-refractivity contribution is 0.0913. The zero-order chi connectivity index (χ0) is 25.1. The molecule has 0 unspecified atom stereocenters. The summed E-state index contributed by atoms with van der Waals surface area (Å²) in [5.74, 6) is 0.339. The highest BCUT2D eigenvalue weighted by Gasteiger charge is 2.26. The first kappa shape index (κ1) is 25.8. The Labute approximate surface area is 222 Å². The number of carbonyl (C=O) groups excluding carboxylic acids is 1. The van der Waals surface area contributed by atoms with Crippen molar-refractivity contribution in [1.82, 2.24) is 15.1 Å². The third kappa shape index (κ3) is 5.94. The molecule has 1 saturated carbocycles. The number of aromatic nitrogens is 2. The minimum Gasteiger partial charge on any atom is -0.348 e. The van der Waals surface area contributed by atoms with Gasteiger partial charge in [0.1, 0.15) is 0 Å². The molecule has 4 rings (SSSR count). The second-order valence-electron chi connectivity index (χ2n) is 9.37. The van der Waals surface area contributed by atoms with Crippen LogP contribution in [0.2, 0.25) is 15.1 Å². The summed E-state index contributed by atoms with van der Waals surface area (Å²) in [5.41, 5.74) is 4.55. The Morgan fingerprint density at radius 3 is 2.49 bits per heavy atom. The van der Waals surface area contributed by atoms with Crippen molar-refractivity contribution in [3.05, 3.63) is 80.0 Å². The Kier molecular flexibility index (Phi) is 8.26. The average Bonchev–Trinajstić information content (AvgIpc) is 3.16. The van der Waals surface area contributed by atoms with Crippen LogP contribution in [0.1, 0.15) is 73.3 Å². The zero-order valence-electron chi connectivity index (χ0n) is 20.2. The number of halogens is 3. The summed E-state index contributed by atoms with van der Waals surface area (Å²) in [7, 11) is 0. The summed E-state index contributed by atoms with van der Waals surface area (Å²) < 4.78 is 1.74. The van der Waals surface area contributed by atoms with Crippen molar-refractivity contribution >= 4 is 52.4 Å². The van der Waals surface area contributed by atoms with Crippen molar-refractivity contribution in [3.8, 4) is 5.69 Å². The summed E-state index contributed by atoms with van der Waals surface area (Å²) in [5, 5.41) is 9.63. The molecule has 1 aromatic heterocycles. The first-order chi connectivity index (χ1) is 16.7. The van der Waals surface area contributed by atoms with E-state index in [0.29, 0.717) is 32.4 Å². The first-order valence-electron chi connectivity index (χ1n) is 12.0. The number of nitrogens with one attached hydrogen (secondary N) is 1. The second kappa shape index (κ2) is 11.2. The Hall–Kier alpha value is -2.27. The lowest BCUT2D eigenvalue weighted by Crippen LogP contribution is -2.39. The van der Waals surface area contributed by atoms with Gasteiger partial charge in [0.15, 0.2) is 5.69 Å². The molecule has 4 nitrogen and oxygen atoms in total. The van der Waals surface area contributed by atoms with Crippen LogP contribution < -0.4 is 5.32 Å². The SMILES string of the molecule is C/C(=C\c1cccc(Cl)c1)c1c(C)c(C(=O)N[C@@H](C)C2CCCCC2)nn1-c1ccc(Cl)cc1Cl. The van der Waals surface area contributed by atoms with E-state index >= 15 is 0 Å². The molecule has 1 aliphatic rings. The lowest BCUT2D eigenvalue weighted by Gasteiger charge is -2.28. The van der Waals surface area contributed by atoms with Gasteiger partial charge < -0.3 is 5.32 Å². The molecule has 3 aromatic rings. The molecule has 1 fully saturated rings. The van der Waals surface area contributed by atoms with Crippen molar-refractivity contribution < 1.29 is 4.79 Å². The maximum absolute atomic E-state index is 13.4. The van der Waals surface area contributed by atoms with Crippen LogP contribution in [0.15, 0.2) is 42.5 Å². The van der Waals surface area contributed by atoms with E-state index in [1.807, 2.05) is 50.3 Å². The quantitative estimate of drug-likeness (QED) is 0.348. The van der Waals surface area contributed by atoms with Crippen LogP contribution in [0.3, 0.4) is 0 Å². The van der Waals surface area contributed by atoms with Crippen molar-refractivity contribution in [1.29, 1.82) is 0 Å². The lowest BCUT2D eigenvalue weighted by atomic mass is 9.84. The second-order valence-corrected chi connectivity index (χ2v) is 10.7. The van der Waals surface area contributed by atoms with E-state index in [1.54, 1.807) is 16.8 Å². The molecule has 1 atom stereocenters. The summed E-state index contributed by atoms with van der Waals surface area (Å²) in [6.07, 6.45) is 8.08. The molecule has 1 N–H and O–H groups in total. The number of benzene rings is 2. The maximum Gasteiger partial charge on any atom is 0.272 e. The van der Waals surface area contributed by atoms with Gasteiger partial charge in [0.25, 0.3) is 5.91 Å². The van der Waals surface area contributed by atoms with Crippen LogP contribution in [0, 0.1) is 12.8 Å². The molecule has 1 amide bonds. The number of carbonyl (C=O) groups is 1. The largest absolute Gasteiger partial charge is 0.348 e. The maximum atomic E-state index is 13.4. The Morgan fingerprint density at radius 1 is 1.09 bits per heavy atom. The molecular weight excluding hydrogens is 501 g/mol. The molecular formula is C28H30Cl3N3O. The zero-order valence-corrected chi connectivity index (χ0v) is 22.5. The van der Waals surface area contributed by atoms with Crippen LogP contribution in [-0.4, -0.2) is 21.7 Å². The molecule has 0 spiro atoms. The van der Waals surface area contributed by atoms with Crippen molar-refractivity contribution in [3.63, 3.8) is 0 Å². The van der Waals surface area contributed by atoms with Gasteiger partial charge in [-0.3, -0.25) is 4.79 Å². The Bertz CT molecular complexity index is 1260. The predicted octanol–water partition coefficient (Wildman–Crippen LogP) is 8.40. The number of amides is 1. The van der Waals surface area contributed by atoms with Crippen LogP contribution in [-0.2, 0) is 0 Å². The van der Waals surface area contributed by atoms with Crippen LogP contribution in [0.25, 0.3) is 17.3 Å². The molecule has 0 bridgehead atoms. The van der Waals surface area contributed by atoms with Gasteiger partial charge in [0.2, 0.25) is 0 Å². The normalized spacial score (nSPS) is 15.8. The molecule has 1 heterocycles. The summed E-state index contributed by atoms with van der Waals surface area (Å²) in [4.78, 5) is 13.4. The van der Waals surface area contributed by atoms with E-state index in [1.165, 1.54) is 19.3 Å².